The Kier molecular flexibility index (Phi) is 6.13. The van der Waals surface area contributed by atoms with Crippen molar-refractivity contribution in [2.24, 2.45) is 5.92 Å². The molecule has 0 bridgehead atoms. The summed E-state index contributed by atoms with van der Waals surface area (Å²) in [4.78, 5) is 13.3. The molecule has 3 heteroatoms. The van der Waals surface area contributed by atoms with Crippen LogP contribution in [0.2, 0.25) is 0 Å². The van der Waals surface area contributed by atoms with Gasteiger partial charge in [-0.25, -0.2) is 0 Å². The molecule has 0 saturated heterocycles. The summed E-state index contributed by atoms with van der Waals surface area (Å²) in [5.74, 6) is 0.801. The van der Waals surface area contributed by atoms with Crippen molar-refractivity contribution in [2.75, 3.05) is 11.9 Å². The van der Waals surface area contributed by atoms with Gasteiger partial charge in [-0.15, -0.1) is 0 Å². The maximum atomic E-state index is 13.3. The molecule has 1 saturated carbocycles. The Morgan fingerprint density at radius 3 is 1.81 bits per heavy atom. The van der Waals surface area contributed by atoms with Crippen molar-refractivity contribution in [1.82, 2.24) is 0 Å². The predicted molar refractivity (Wildman–Crippen MR) is 127 cm³/mol. The summed E-state index contributed by atoms with van der Waals surface area (Å²) in [7, 11) is 0. The first-order valence-corrected chi connectivity index (χ1v) is 11.3. The Hall–Kier alpha value is -3.07. The molecule has 1 N–H and O–H groups in total. The Balaban J connectivity index is 1.60. The number of carbonyl (C=O) groups is 1. The molecule has 1 fully saturated rings. The topological polar surface area (TPSA) is 38.3 Å². The highest BCUT2D eigenvalue weighted by atomic mass is 16.5. The van der Waals surface area contributed by atoms with Crippen molar-refractivity contribution in [3.63, 3.8) is 0 Å². The molecule has 1 aliphatic carbocycles. The standard InChI is InChI=1S/C28H31NO2/c1-4-20-7-11-22(12-8-20)28(23-13-9-21(5-2)10-14-23)19-26(28)27(30)29-24-15-17-25(18-16-24)31-6-3/h7-18,26H,4-6,19H2,1-3H3,(H,29,30)/t26-/m1/s1. The molecule has 4 rings (SSSR count). The number of hydrogen-bond donors (Lipinski definition) is 1. The van der Waals surface area contributed by atoms with Crippen molar-refractivity contribution >= 4 is 11.6 Å². The predicted octanol–water partition coefficient (Wildman–Crippen LogP) is 6.15. The first-order valence-electron chi connectivity index (χ1n) is 11.3. The zero-order valence-electron chi connectivity index (χ0n) is 18.7. The lowest BCUT2D eigenvalue weighted by molar-refractivity contribution is -0.117. The lowest BCUT2D eigenvalue weighted by Crippen LogP contribution is -2.22. The minimum absolute atomic E-state index is 0.0725. The lowest BCUT2D eigenvalue weighted by atomic mass is 9.84. The number of aryl methyl sites for hydroxylation is 2. The molecule has 3 nitrogen and oxygen atoms in total. The highest BCUT2D eigenvalue weighted by molar-refractivity contribution is 5.97. The molecule has 1 atom stereocenters. The van der Waals surface area contributed by atoms with Crippen LogP contribution in [0.1, 0.15) is 49.4 Å². The maximum Gasteiger partial charge on any atom is 0.228 e. The fourth-order valence-electron chi connectivity index (χ4n) is 4.49. The van der Waals surface area contributed by atoms with Gasteiger partial charge in [-0.3, -0.25) is 4.79 Å². The first-order chi connectivity index (χ1) is 15.1. The van der Waals surface area contributed by atoms with Gasteiger partial charge in [0.1, 0.15) is 5.75 Å². The molecule has 0 radical (unpaired) electrons. The second-order valence-corrected chi connectivity index (χ2v) is 8.28. The van der Waals surface area contributed by atoms with Crippen molar-refractivity contribution in [2.45, 2.75) is 45.4 Å². The summed E-state index contributed by atoms with van der Waals surface area (Å²) in [6.45, 7) is 6.92. The maximum absolute atomic E-state index is 13.3. The Morgan fingerprint density at radius 2 is 1.35 bits per heavy atom. The van der Waals surface area contributed by atoms with Crippen LogP contribution in [0.15, 0.2) is 72.8 Å². The molecule has 0 aliphatic heterocycles. The third-order valence-corrected chi connectivity index (χ3v) is 6.46. The molecule has 0 aromatic heterocycles. The van der Waals surface area contributed by atoms with E-state index >= 15 is 0 Å². The Labute approximate surface area is 185 Å². The van der Waals surface area contributed by atoms with Crippen LogP contribution in [0.25, 0.3) is 0 Å². The average Bonchev–Trinajstić information content (AvgIpc) is 3.58. The number of anilines is 1. The monoisotopic (exact) mass is 413 g/mol. The van der Waals surface area contributed by atoms with Gasteiger partial charge in [0.15, 0.2) is 0 Å². The van der Waals surface area contributed by atoms with E-state index in [0.29, 0.717) is 6.61 Å². The van der Waals surface area contributed by atoms with Crippen LogP contribution in [0.4, 0.5) is 5.69 Å². The summed E-state index contributed by atoms with van der Waals surface area (Å²) < 4.78 is 5.50. The minimum Gasteiger partial charge on any atom is -0.494 e. The average molecular weight is 414 g/mol. The zero-order valence-corrected chi connectivity index (χ0v) is 18.7. The molecule has 3 aromatic rings. The number of hydrogen-bond acceptors (Lipinski definition) is 2. The van der Waals surface area contributed by atoms with Crippen LogP contribution in [-0.2, 0) is 23.1 Å². The van der Waals surface area contributed by atoms with Crippen LogP contribution in [-0.4, -0.2) is 12.5 Å². The fourth-order valence-corrected chi connectivity index (χ4v) is 4.49. The van der Waals surface area contributed by atoms with Crippen molar-refractivity contribution in [3.8, 4) is 5.75 Å². The number of amides is 1. The molecular formula is C28H31NO2. The number of carbonyl (C=O) groups excluding carboxylic acids is 1. The summed E-state index contributed by atoms with van der Waals surface area (Å²) in [5, 5.41) is 3.12. The van der Waals surface area contributed by atoms with E-state index in [4.69, 9.17) is 4.74 Å². The molecule has 1 amide bonds. The van der Waals surface area contributed by atoms with Gasteiger partial charge in [-0.2, -0.15) is 0 Å². The molecule has 160 valence electrons. The largest absolute Gasteiger partial charge is 0.494 e. The minimum atomic E-state index is -0.256. The molecule has 3 aromatic carbocycles. The van der Waals surface area contributed by atoms with E-state index in [2.05, 4.69) is 67.7 Å². The smallest absolute Gasteiger partial charge is 0.228 e. The summed E-state index contributed by atoms with van der Waals surface area (Å²) in [6.07, 6.45) is 2.85. The Morgan fingerprint density at radius 1 is 0.839 bits per heavy atom. The summed E-state index contributed by atoms with van der Waals surface area (Å²) in [5.41, 5.74) is 5.62. The van der Waals surface area contributed by atoms with E-state index in [0.717, 1.165) is 30.7 Å². The van der Waals surface area contributed by atoms with Gasteiger partial charge in [0, 0.05) is 11.1 Å². The first kappa shape index (κ1) is 21.2. The molecule has 0 unspecified atom stereocenters. The van der Waals surface area contributed by atoms with Gasteiger partial charge in [0.05, 0.1) is 12.5 Å². The Bertz CT molecular complexity index is 973. The second-order valence-electron chi connectivity index (χ2n) is 8.28. The van der Waals surface area contributed by atoms with Gasteiger partial charge in [-0.05, 0) is 72.7 Å². The number of ether oxygens (including phenoxy) is 1. The highest BCUT2D eigenvalue weighted by Gasteiger charge is 2.60. The van der Waals surface area contributed by atoms with Crippen molar-refractivity contribution in [1.29, 1.82) is 0 Å². The third-order valence-electron chi connectivity index (χ3n) is 6.46. The van der Waals surface area contributed by atoms with Gasteiger partial charge in [0.2, 0.25) is 5.91 Å². The second kappa shape index (κ2) is 8.97. The van der Waals surface area contributed by atoms with E-state index < -0.39 is 0 Å². The number of benzene rings is 3. The molecule has 31 heavy (non-hydrogen) atoms. The van der Waals surface area contributed by atoms with Crippen molar-refractivity contribution < 1.29 is 9.53 Å². The highest BCUT2D eigenvalue weighted by Crippen LogP contribution is 2.59. The van der Waals surface area contributed by atoms with E-state index in [-0.39, 0.29) is 17.2 Å². The van der Waals surface area contributed by atoms with E-state index in [1.54, 1.807) is 0 Å². The quantitative estimate of drug-likeness (QED) is 0.481. The van der Waals surface area contributed by atoms with Crippen molar-refractivity contribution in [3.05, 3.63) is 95.1 Å². The normalized spacial score (nSPS) is 16.5. The lowest BCUT2D eigenvalue weighted by Gasteiger charge is -2.20. The fraction of sp³-hybridized carbons (Fsp3) is 0.321. The van der Waals surface area contributed by atoms with Crippen LogP contribution in [0, 0.1) is 5.92 Å². The summed E-state index contributed by atoms with van der Waals surface area (Å²) >= 11 is 0. The van der Waals surface area contributed by atoms with E-state index in [1.807, 2.05) is 31.2 Å². The molecule has 1 aliphatic rings. The van der Waals surface area contributed by atoms with Gasteiger partial charge in [-0.1, -0.05) is 62.4 Å². The number of rotatable bonds is 8. The molecule has 0 spiro atoms. The van der Waals surface area contributed by atoms with E-state index in [9.17, 15) is 4.79 Å². The molecular weight excluding hydrogens is 382 g/mol. The van der Waals surface area contributed by atoms with Crippen LogP contribution < -0.4 is 10.1 Å². The van der Waals surface area contributed by atoms with Gasteiger partial charge < -0.3 is 10.1 Å². The number of nitrogens with one attached hydrogen (secondary N) is 1. The zero-order chi connectivity index (χ0) is 21.8. The van der Waals surface area contributed by atoms with Crippen LogP contribution in [0.5, 0.6) is 5.75 Å². The van der Waals surface area contributed by atoms with Crippen LogP contribution >= 0.6 is 0 Å². The molecule has 0 heterocycles. The van der Waals surface area contributed by atoms with Gasteiger partial charge in [0.25, 0.3) is 0 Å². The summed E-state index contributed by atoms with van der Waals surface area (Å²) in [6, 6.07) is 25.2. The third kappa shape index (κ3) is 4.23. The van der Waals surface area contributed by atoms with Crippen LogP contribution in [0.3, 0.4) is 0 Å². The SMILES string of the molecule is CCOc1ccc(NC(=O)[C@H]2CC2(c2ccc(CC)cc2)c2ccc(CC)cc2)cc1. The van der Waals surface area contributed by atoms with E-state index in [1.165, 1.54) is 22.3 Å². The van der Waals surface area contributed by atoms with Gasteiger partial charge >= 0.3 is 0 Å².